The van der Waals surface area contributed by atoms with Crippen molar-refractivity contribution in [3.05, 3.63) is 70.0 Å². The highest BCUT2D eigenvalue weighted by Gasteiger charge is 2.32. The normalized spacial score (nSPS) is 11.9. The SMILES string of the molecule is O=c1c2ccsc2ccn1CC(F)(F)c1ccccc1. The number of halogens is 2. The van der Waals surface area contributed by atoms with E-state index in [1.807, 2.05) is 0 Å². The van der Waals surface area contributed by atoms with Crippen molar-refractivity contribution < 1.29 is 8.78 Å². The molecule has 0 atom stereocenters. The Labute approximate surface area is 117 Å². The molecule has 0 saturated carbocycles. The van der Waals surface area contributed by atoms with Crippen LogP contribution in [0.15, 0.2) is 58.8 Å². The summed E-state index contributed by atoms with van der Waals surface area (Å²) in [4.78, 5) is 12.1. The maximum atomic E-state index is 14.2. The number of benzene rings is 1. The first-order valence-corrected chi connectivity index (χ1v) is 6.96. The lowest BCUT2D eigenvalue weighted by Crippen LogP contribution is -2.28. The van der Waals surface area contributed by atoms with Gasteiger partial charge in [0.15, 0.2) is 0 Å². The number of fused-ring (bicyclic) bond motifs is 1. The van der Waals surface area contributed by atoms with E-state index in [1.54, 1.807) is 35.7 Å². The van der Waals surface area contributed by atoms with Crippen LogP contribution < -0.4 is 5.56 Å². The monoisotopic (exact) mass is 291 g/mol. The Kier molecular flexibility index (Phi) is 3.14. The number of nitrogens with zero attached hydrogens (tertiary/aromatic N) is 1. The third-order valence-electron chi connectivity index (χ3n) is 3.16. The van der Waals surface area contributed by atoms with Gasteiger partial charge in [-0.25, -0.2) is 0 Å². The molecule has 0 N–H and O–H groups in total. The molecule has 1 aromatic carbocycles. The molecular weight excluding hydrogens is 280 g/mol. The van der Waals surface area contributed by atoms with Gasteiger partial charge < -0.3 is 4.57 Å². The van der Waals surface area contributed by atoms with Crippen molar-refractivity contribution in [3.8, 4) is 0 Å². The van der Waals surface area contributed by atoms with Crippen LogP contribution >= 0.6 is 11.3 Å². The van der Waals surface area contributed by atoms with Gasteiger partial charge in [0, 0.05) is 16.5 Å². The van der Waals surface area contributed by atoms with Crippen LogP contribution in [0.5, 0.6) is 0 Å². The predicted octanol–water partition coefficient (Wildman–Crippen LogP) is 3.86. The second-order valence-electron chi connectivity index (χ2n) is 4.52. The summed E-state index contributed by atoms with van der Waals surface area (Å²) in [6.45, 7) is -0.651. The quantitative estimate of drug-likeness (QED) is 0.718. The summed E-state index contributed by atoms with van der Waals surface area (Å²) in [7, 11) is 0. The third-order valence-corrected chi connectivity index (χ3v) is 4.04. The van der Waals surface area contributed by atoms with Crippen LogP contribution in [0.3, 0.4) is 0 Å². The van der Waals surface area contributed by atoms with E-state index in [1.165, 1.54) is 29.7 Å². The molecule has 102 valence electrons. The number of pyridine rings is 1. The Balaban J connectivity index is 2.00. The van der Waals surface area contributed by atoms with Crippen LogP contribution in [0.4, 0.5) is 8.78 Å². The summed E-state index contributed by atoms with van der Waals surface area (Å²) in [5, 5.41) is 2.27. The standard InChI is InChI=1S/C15H11F2NOS/c16-15(17,11-4-2-1-3-5-11)10-18-8-6-13-12(14(18)19)7-9-20-13/h1-9H,10H2. The molecule has 0 saturated heterocycles. The van der Waals surface area contributed by atoms with Gasteiger partial charge in [-0.2, -0.15) is 8.78 Å². The molecule has 0 bridgehead atoms. The lowest BCUT2D eigenvalue weighted by atomic mass is 10.1. The molecule has 20 heavy (non-hydrogen) atoms. The maximum absolute atomic E-state index is 14.2. The van der Waals surface area contributed by atoms with Crippen molar-refractivity contribution in [1.82, 2.24) is 4.57 Å². The fraction of sp³-hybridized carbons (Fsp3) is 0.133. The van der Waals surface area contributed by atoms with Gasteiger partial charge in [-0.1, -0.05) is 30.3 Å². The molecule has 2 aromatic heterocycles. The average molecular weight is 291 g/mol. The van der Waals surface area contributed by atoms with E-state index in [-0.39, 0.29) is 11.1 Å². The van der Waals surface area contributed by atoms with Gasteiger partial charge in [-0.3, -0.25) is 4.79 Å². The summed E-state index contributed by atoms with van der Waals surface area (Å²) in [5.74, 6) is -3.07. The minimum atomic E-state index is -3.07. The molecule has 5 heteroatoms. The second kappa shape index (κ2) is 4.83. The van der Waals surface area contributed by atoms with Crippen LogP contribution in [0.1, 0.15) is 5.56 Å². The minimum absolute atomic E-state index is 0.0858. The van der Waals surface area contributed by atoms with E-state index in [9.17, 15) is 13.6 Å². The zero-order valence-electron chi connectivity index (χ0n) is 10.4. The highest BCUT2D eigenvalue weighted by atomic mass is 32.1. The number of thiophene rings is 1. The summed E-state index contributed by atoms with van der Waals surface area (Å²) in [6, 6.07) is 10.9. The van der Waals surface area contributed by atoms with Crippen molar-refractivity contribution in [1.29, 1.82) is 0 Å². The van der Waals surface area contributed by atoms with Crippen LogP contribution in [-0.4, -0.2) is 4.57 Å². The summed E-state index contributed by atoms with van der Waals surface area (Å²) in [6.07, 6.45) is 1.43. The highest BCUT2D eigenvalue weighted by molar-refractivity contribution is 7.17. The van der Waals surface area contributed by atoms with Gasteiger partial charge >= 0.3 is 0 Å². The number of alkyl halides is 2. The Morgan fingerprint density at radius 3 is 2.60 bits per heavy atom. The zero-order valence-corrected chi connectivity index (χ0v) is 11.2. The molecule has 2 heterocycles. The largest absolute Gasteiger partial charge is 0.308 e. The molecule has 3 aromatic rings. The Morgan fingerprint density at radius 1 is 1.10 bits per heavy atom. The molecule has 3 rings (SSSR count). The zero-order chi connectivity index (χ0) is 14.2. The molecule has 2 nitrogen and oxygen atoms in total. The Bertz CT molecular complexity index is 792. The van der Waals surface area contributed by atoms with Crippen molar-refractivity contribution in [3.63, 3.8) is 0 Å². The number of hydrogen-bond donors (Lipinski definition) is 0. The van der Waals surface area contributed by atoms with Crippen molar-refractivity contribution in [2.45, 2.75) is 12.5 Å². The van der Waals surface area contributed by atoms with E-state index < -0.39 is 12.5 Å². The average Bonchev–Trinajstić information content (AvgIpc) is 2.92. The van der Waals surface area contributed by atoms with Crippen LogP contribution in [0.2, 0.25) is 0 Å². The summed E-state index contributed by atoms with van der Waals surface area (Å²) in [5.41, 5.74) is -0.461. The van der Waals surface area contributed by atoms with E-state index in [0.717, 1.165) is 9.27 Å². The van der Waals surface area contributed by atoms with E-state index in [0.29, 0.717) is 5.39 Å². The van der Waals surface area contributed by atoms with Gasteiger partial charge in [0.2, 0.25) is 0 Å². The van der Waals surface area contributed by atoms with Crippen molar-refractivity contribution >= 4 is 21.4 Å². The summed E-state index contributed by atoms with van der Waals surface area (Å²) < 4.78 is 30.3. The third kappa shape index (κ3) is 2.25. The molecule has 0 radical (unpaired) electrons. The number of hydrogen-bond acceptors (Lipinski definition) is 2. The number of rotatable bonds is 3. The highest BCUT2D eigenvalue weighted by Crippen LogP contribution is 2.29. The smallest absolute Gasteiger partial charge is 0.290 e. The van der Waals surface area contributed by atoms with E-state index in [4.69, 9.17) is 0 Å². The number of aromatic nitrogens is 1. The van der Waals surface area contributed by atoms with Crippen molar-refractivity contribution in [2.24, 2.45) is 0 Å². The van der Waals surface area contributed by atoms with E-state index in [2.05, 4.69) is 0 Å². The molecule has 0 aliphatic heterocycles. The molecule has 0 unspecified atom stereocenters. The van der Waals surface area contributed by atoms with Crippen LogP contribution in [0, 0.1) is 0 Å². The molecule has 0 aliphatic rings. The fourth-order valence-corrected chi connectivity index (χ4v) is 2.89. The van der Waals surface area contributed by atoms with Gasteiger partial charge in [0.05, 0.1) is 11.9 Å². The van der Waals surface area contributed by atoms with Gasteiger partial charge in [0.25, 0.3) is 11.5 Å². The Morgan fingerprint density at radius 2 is 1.85 bits per heavy atom. The minimum Gasteiger partial charge on any atom is -0.308 e. The molecule has 0 amide bonds. The summed E-state index contributed by atoms with van der Waals surface area (Å²) >= 11 is 1.42. The van der Waals surface area contributed by atoms with Crippen LogP contribution in [0.25, 0.3) is 10.1 Å². The molecule has 0 fully saturated rings. The first kappa shape index (κ1) is 13.0. The predicted molar refractivity (Wildman–Crippen MR) is 76.4 cm³/mol. The van der Waals surface area contributed by atoms with Gasteiger partial charge in [0.1, 0.15) is 0 Å². The Hall–Kier alpha value is -2.01. The van der Waals surface area contributed by atoms with Gasteiger partial charge in [-0.15, -0.1) is 11.3 Å². The lowest BCUT2D eigenvalue weighted by Gasteiger charge is -2.18. The van der Waals surface area contributed by atoms with Gasteiger partial charge in [-0.05, 0) is 17.5 Å². The molecule has 0 aliphatic carbocycles. The first-order valence-electron chi connectivity index (χ1n) is 6.08. The van der Waals surface area contributed by atoms with E-state index >= 15 is 0 Å². The first-order chi connectivity index (χ1) is 9.58. The second-order valence-corrected chi connectivity index (χ2v) is 5.47. The van der Waals surface area contributed by atoms with Crippen molar-refractivity contribution in [2.75, 3.05) is 0 Å². The topological polar surface area (TPSA) is 22.0 Å². The molecular formula is C15H11F2NOS. The van der Waals surface area contributed by atoms with Crippen LogP contribution in [-0.2, 0) is 12.5 Å². The lowest BCUT2D eigenvalue weighted by molar-refractivity contribution is -0.0230. The fourth-order valence-electron chi connectivity index (χ4n) is 2.12. The molecule has 0 spiro atoms. The maximum Gasteiger partial charge on any atom is 0.290 e.